The Hall–Kier alpha value is -1.66. The monoisotopic (exact) mass is 212 g/mol. The molecule has 0 saturated heterocycles. The van der Waals surface area contributed by atoms with Crippen molar-refractivity contribution in [2.24, 2.45) is 0 Å². The summed E-state index contributed by atoms with van der Waals surface area (Å²) in [4.78, 5) is 9.97. The molecule has 2 N–H and O–H groups in total. The topological polar surface area (TPSA) is 87.6 Å². The van der Waals surface area contributed by atoms with E-state index in [-0.39, 0.29) is 11.4 Å². The Balaban J connectivity index is 3.05. The van der Waals surface area contributed by atoms with Gasteiger partial charge in [0.2, 0.25) is 0 Å². The van der Waals surface area contributed by atoms with Crippen LogP contribution in [0, 0.1) is 10.1 Å². The van der Waals surface area contributed by atoms with Crippen LogP contribution in [-0.4, -0.2) is 19.1 Å². The van der Waals surface area contributed by atoms with Crippen LogP contribution in [0.1, 0.15) is 11.9 Å². The molecule has 0 aliphatic heterocycles. The lowest BCUT2D eigenvalue weighted by molar-refractivity contribution is -0.383. The van der Waals surface area contributed by atoms with E-state index in [0.717, 1.165) is 0 Å². The molecule has 0 atom stereocenters. The molecule has 0 amide bonds. The molecule has 1 rings (SSSR count). The van der Waals surface area contributed by atoms with Crippen LogP contribution in [0.15, 0.2) is 18.2 Å². The van der Waals surface area contributed by atoms with E-state index in [2.05, 4.69) is 0 Å². The van der Waals surface area contributed by atoms with Crippen LogP contribution in [0.2, 0.25) is 0 Å². The molecule has 0 bridgehead atoms. The Morgan fingerprint density at radius 2 is 2.00 bits per heavy atom. The first-order valence-corrected chi connectivity index (χ1v) is 4.19. The number of hydrogen-bond donors (Lipinski definition) is 1. The SMILES string of the molecule is COC(OC)c1ccc([N+](=O)[O-])c(N)c1. The van der Waals surface area contributed by atoms with Crippen LogP contribution in [0.5, 0.6) is 0 Å². The molecule has 0 aromatic heterocycles. The fourth-order valence-corrected chi connectivity index (χ4v) is 1.25. The van der Waals surface area contributed by atoms with Crippen molar-refractivity contribution < 1.29 is 14.4 Å². The van der Waals surface area contributed by atoms with Crippen molar-refractivity contribution >= 4 is 11.4 Å². The van der Waals surface area contributed by atoms with Crippen molar-refractivity contribution in [2.75, 3.05) is 20.0 Å². The second kappa shape index (κ2) is 4.72. The number of benzene rings is 1. The molecule has 0 radical (unpaired) electrons. The fraction of sp³-hybridized carbons (Fsp3) is 0.333. The van der Waals surface area contributed by atoms with Gasteiger partial charge in [-0.15, -0.1) is 0 Å². The van der Waals surface area contributed by atoms with Gasteiger partial charge in [-0.25, -0.2) is 0 Å². The lowest BCUT2D eigenvalue weighted by Crippen LogP contribution is -2.05. The van der Waals surface area contributed by atoms with Crippen molar-refractivity contribution in [1.29, 1.82) is 0 Å². The van der Waals surface area contributed by atoms with Gasteiger partial charge in [0.1, 0.15) is 5.69 Å². The number of hydrogen-bond acceptors (Lipinski definition) is 5. The molecular formula is C9H12N2O4. The third kappa shape index (κ3) is 2.42. The predicted molar refractivity (Wildman–Crippen MR) is 54.3 cm³/mol. The van der Waals surface area contributed by atoms with Gasteiger partial charge in [0.25, 0.3) is 5.69 Å². The minimum atomic E-state index is -0.562. The van der Waals surface area contributed by atoms with E-state index < -0.39 is 11.2 Å². The molecule has 6 nitrogen and oxygen atoms in total. The Labute approximate surface area is 86.7 Å². The first kappa shape index (κ1) is 11.4. The lowest BCUT2D eigenvalue weighted by Gasteiger charge is -2.13. The number of nitro groups is 1. The second-order valence-corrected chi connectivity index (χ2v) is 2.88. The van der Waals surface area contributed by atoms with Gasteiger partial charge < -0.3 is 15.2 Å². The van der Waals surface area contributed by atoms with Crippen LogP contribution in [0.4, 0.5) is 11.4 Å². The first-order chi connectivity index (χ1) is 7.10. The maximum atomic E-state index is 10.5. The summed E-state index contributed by atoms with van der Waals surface area (Å²) in [6, 6.07) is 4.34. The number of anilines is 1. The predicted octanol–water partition coefficient (Wildman–Crippen LogP) is 1.47. The van der Waals surface area contributed by atoms with E-state index in [1.807, 2.05) is 0 Å². The first-order valence-electron chi connectivity index (χ1n) is 4.19. The molecule has 0 aliphatic rings. The van der Waals surface area contributed by atoms with Crippen molar-refractivity contribution in [3.63, 3.8) is 0 Å². The Morgan fingerprint density at radius 3 is 2.40 bits per heavy atom. The lowest BCUT2D eigenvalue weighted by atomic mass is 10.1. The number of methoxy groups -OCH3 is 2. The maximum Gasteiger partial charge on any atom is 0.292 e. The molecule has 0 unspecified atom stereocenters. The highest BCUT2D eigenvalue weighted by molar-refractivity contribution is 5.59. The van der Waals surface area contributed by atoms with Gasteiger partial charge in [0.15, 0.2) is 6.29 Å². The third-order valence-corrected chi connectivity index (χ3v) is 1.95. The van der Waals surface area contributed by atoms with Crippen molar-refractivity contribution in [3.8, 4) is 0 Å². The summed E-state index contributed by atoms with van der Waals surface area (Å²) in [7, 11) is 2.96. The molecule has 15 heavy (non-hydrogen) atoms. The van der Waals surface area contributed by atoms with Gasteiger partial charge >= 0.3 is 0 Å². The van der Waals surface area contributed by atoms with Crippen molar-refractivity contribution in [1.82, 2.24) is 0 Å². The smallest absolute Gasteiger partial charge is 0.292 e. The summed E-state index contributed by atoms with van der Waals surface area (Å²) >= 11 is 0. The second-order valence-electron chi connectivity index (χ2n) is 2.88. The average Bonchev–Trinajstić information content (AvgIpc) is 2.19. The van der Waals surface area contributed by atoms with Crippen LogP contribution >= 0.6 is 0 Å². The summed E-state index contributed by atoms with van der Waals surface area (Å²) in [5, 5.41) is 10.5. The van der Waals surface area contributed by atoms with Crippen LogP contribution < -0.4 is 5.73 Å². The van der Waals surface area contributed by atoms with E-state index in [9.17, 15) is 10.1 Å². The van der Waals surface area contributed by atoms with Gasteiger partial charge in [-0.2, -0.15) is 0 Å². The zero-order valence-electron chi connectivity index (χ0n) is 8.47. The van der Waals surface area contributed by atoms with E-state index in [0.29, 0.717) is 5.56 Å². The summed E-state index contributed by atoms with van der Waals surface area (Å²) in [5.74, 6) is 0. The van der Waals surface area contributed by atoms with E-state index in [1.54, 1.807) is 6.07 Å². The van der Waals surface area contributed by atoms with Gasteiger partial charge in [-0.05, 0) is 12.1 Å². The van der Waals surface area contributed by atoms with E-state index >= 15 is 0 Å². The Kier molecular flexibility index (Phi) is 3.59. The van der Waals surface area contributed by atoms with E-state index in [1.165, 1.54) is 26.4 Å². The number of nitrogen functional groups attached to an aromatic ring is 1. The number of rotatable bonds is 4. The van der Waals surface area contributed by atoms with Crippen LogP contribution in [0.3, 0.4) is 0 Å². The molecule has 82 valence electrons. The standard InChI is InChI=1S/C9H12N2O4/c1-14-9(15-2)6-3-4-8(11(12)13)7(10)5-6/h3-5,9H,10H2,1-2H3. The Bertz CT molecular complexity index is 363. The highest BCUT2D eigenvalue weighted by Gasteiger charge is 2.15. The third-order valence-electron chi connectivity index (χ3n) is 1.95. The molecule has 0 spiro atoms. The number of nitrogens with two attached hydrogens (primary N) is 1. The van der Waals surface area contributed by atoms with E-state index in [4.69, 9.17) is 15.2 Å². The molecular weight excluding hydrogens is 200 g/mol. The molecule has 0 saturated carbocycles. The molecule has 6 heteroatoms. The molecule has 0 aliphatic carbocycles. The zero-order chi connectivity index (χ0) is 11.4. The van der Waals surface area contributed by atoms with Gasteiger partial charge in [-0.1, -0.05) is 0 Å². The molecule has 0 fully saturated rings. The number of nitro benzene ring substituents is 1. The van der Waals surface area contributed by atoms with Crippen molar-refractivity contribution in [3.05, 3.63) is 33.9 Å². The quantitative estimate of drug-likeness (QED) is 0.353. The van der Waals surface area contributed by atoms with Gasteiger partial charge in [0, 0.05) is 25.8 Å². The highest BCUT2D eigenvalue weighted by Crippen LogP contribution is 2.26. The van der Waals surface area contributed by atoms with Crippen molar-refractivity contribution in [2.45, 2.75) is 6.29 Å². The highest BCUT2D eigenvalue weighted by atomic mass is 16.7. The normalized spacial score (nSPS) is 10.6. The summed E-state index contributed by atoms with van der Waals surface area (Å²) in [5.41, 5.74) is 6.13. The number of nitrogens with zero attached hydrogens (tertiary/aromatic N) is 1. The van der Waals surface area contributed by atoms with Gasteiger partial charge in [0.05, 0.1) is 4.92 Å². The fourth-order valence-electron chi connectivity index (χ4n) is 1.25. The zero-order valence-corrected chi connectivity index (χ0v) is 8.47. The summed E-state index contributed by atoms with van der Waals surface area (Å²) < 4.78 is 9.99. The summed E-state index contributed by atoms with van der Waals surface area (Å²) in [6.45, 7) is 0. The van der Waals surface area contributed by atoms with Crippen LogP contribution in [-0.2, 0) is 9.47 Å². The molecule has 1 aromatic carbocycles. The molecule has 1 aromatic rings. The number of ether oxygens (including phenoxy) is 2. The van der Waals surface area contributed by atoms with Gasteiger partial charge in [-0.3, -0.25) is 10.1 Å². The Morgan fingerprint density at radius 1 is 1.40 bits per heavy atom. The maximum absolute atomic E-state index is 10.5. The largest absolute Gasteiger partial charge is 0.393 e. The minimum Gasteiger partial charge on any atom is -0.393 e. The minimum absolute atomic E-state index is 0.0941. The average molecular weight is 212 g/mol. The van der Waals surface area contributed by atoms with Crippen LogP contribution in [0.25, 0.3) is 0 Å². The summed E-state index contributed by atoms with van der Waals surface area (Å²) in [6.07, 6.45) is -0.562. The molecule has 0 heterocycles.